The van der Waals surface area contributed by atoms with Crippen molar-refractivity contribution in [2.24, 2.45) is 0 Å². The van der Waals surface area contributed by atoms with Gasteiger partial charge in [0, 0.05) is 5.69 Å². The van der Waals surface area contributed by atoms with Crippen LogP contribution in [0.2, 0.25) is 0 Å². The number of rotatable bonds is 3. The lowest BCUT2D eigenvalue weighted by molar-refractivity contribution is -0.136. The number of benzene rings is 1. The number of hydrogen-bond acceptors (Lipinski definition) is 2. The molecule has 2 aromatic heterocycles. The Balaban J connectivity index is 2.33. The van der Waals surface area contributed by atoms with Gasteiger partial charge < -0.3 is 10.1 Å². The number of carbonyl (C=O) groups is 1. The Hall–Kier alpha value is -2.30. The number of H-pyrrole nitrogens is 1. The van der Waals surface area contributed by atoms with Gasteiger partial charge >= 0.3 is 5.97 Å². The predicted molar refractivity (Wildman–Crippen MR) is 77.2 cm³/mol. The Morgan fingerprint density at radius 3 is 2.85 bits per heavy atom. The molecule has 3 aromatic rings. The second-order valence-corrected chi connectivity index (χ2v) is 5.44. The average Bonchev–Trinajstić information content (AvgIpc) is 2.85. The fourth-order valence-electron chi connectivity index (χ4n) is 2.57. The third kappa shape index (κ3) is 1.86. The summed E-state index contributed by atoms with van der Waals surface area (Å²) in [6.07, 6.45) is -0.0107. The third-order valence-electron chi connectivity index (χ3n) is 3.67. The molecule has 2 heterocycles. The van der Waals surface area contributed by atoms with Gasteiger partial charge in [0.2, 0.25) is 5.78 Å². The standard InChI is InChI=1S/C15H17N3O2/c1-8(2)10-4-5-11-13(6-10)18-12(7-14(19)20)9(3)16-15(18)17-11/h4-6,8H,7H2,1-3H3,(H,16,17)(H,19,20). The number of aromatic nitrogens is 3. The van der Waals surface area contributed by atoms with Crippen molar-refractivity contribution in [1.82, 2.24) is 14.4 Å². The summed E-state index contributed by atoms with van der Waals surface area (Å²) in [7, 11) is 0. The van der Waals surface area contributed by atoms with E-state index in [-0.39, 0.29) is 6.42 Å². The summed E-state index contributed by atoms with van der Waals surface area (Å²) in [6, 6.07) is 6.16. The molecule has 0 aliphatic rings. The quantitative estimate of drug-likeness (QED) is 0.769. The molecule has 0 unspecified atom stereocenters. The Labute approximate surface area is 116 Å². The molecule has 0 spiro atoms. The third-order valence-corrected chi connectivity index (χ3v) is 3.67. The summed E-state index contributed by atoms with van der Waals surface area (Å²) >= 11 is 0. The van der Waals surface area contributed by atoms with Crippen LogP contribution in [0, 0.1) is 6.92 Å². The first-order chi connectivity index (χ1) is 9.47. The molecule has 1 aromatic carbocycles. The number of hydrogen-bond donors (Lipinski definition) is 2. The van der Waals surface area contributed by atoms with Crippen LogP contribution in [-0.2, 0) is 11.2 Å². The Kier molecular flexibility index (Phi) is 2.78. The second kappa shape index (κ2) is 4.37. The molecule has 0 aliphatic carbocycles. The smallest absolute Gasteiger partial charge is 0.309 e. The molecule has 0 saturated heterocycles. The zero-order valence-corrected chi connectivity index (χ0v) is 11.8. The maximum Gasteiger partial charge on any atom is 0.309 e. The van der Waals surface area contributed by atoms with Gasteiger partial charge in [-0.15, -0.1) is 0 Å². The Morgan fingerprint density at radius 2 is 2.20 bits per heavy atom. The summed E-state index contributed by atoms with van der Waals surface area (Å²) < 4.78 is 1.92. The van der Waals surface area contributed by atoms with Crippen molar-refractivity contribution in [2.75, 3.05) is 0 Å². The molecule has 0 aliphatic heterocycles. The largest absolute Gasteiger partial charge is 0.481 e. The second-order valence-electron chi connectivity index (χ2n) is 5.44. The summed E-state index contributed by atoms with van der Waals surface area (Å²) in [4.78, 5) is 18.7. The van der Waals surface area contributed by atoms with E-state index in [4.69, 9.17) is 5.11 Å². The van der Waals surface area contributed by atoms with Crippen molar-refractivity contribution < 1.29 is 9.90 Å². The number of aliphatic carboxylic acids is 1. The highest BCUT2D eigenvalue weighted by Crippen LogP contribution is 2.25. The molecular weight excluding hydrogens is 254 g/mol. The van der Waals surface area contributed by atoms with Crippen LogP contribution in [-0.4, -0.2) is 25.4 Å². The first-order valence-corrected chi connectivity index (χ1v) is 6.68. The fourth-order valence-corrected chi connectivity index (χ4v) is 2.57. The van der Waals surface area contributed by atoms with Crippen LogP contribution >= 0.6 is 0 Å². The van der Waals surface area contributed by atoms with E-state index in [1.165, 1.54) is 5.56 Å². The molecule has 5 heteroatoms. The van der Waals surface area contributed by atoms with Crippen molar-refractivity contribution in [3.8, 4) is 0 Å². The highest BCUT2D eigenvalue weighted by atomic mass is 16.4. The molecule has 3 rings (SSSR count). The minimum absolute atomic E-state index is 0.0107. The first-order valence-electron chi connectivity index (χ1n) is 6.68. The van der Waals surface area contributed by atoms with Gasteiger partial charge in [-0.2, -0.15) is 0 Å². The number of nitrogens with one attached hydrogen (secondary N) is 1. The Morgan fingerprint density at radius 1 is 1.45 bits per heavy atom. The lowest BCUT2D eigenvalue weighted by atomic mass is 10.0. The number of imidazole rings is 2. The lowest BCUT2D eigenvalue weighted by Gasteiger charge is -2.05. The van der Waals surface area contributed by atoms with Crippen molar-refractivity contribution >= 4 is 22.8 Å². The van der Waals surface area contributed by atoms with Crippen molar-refractivity contribution in [3.63, 3.8) is 0 Å². The van der Waals surface area contributed by atoms with Gasteiger partial charge in [0.25, 0.3) is 0 Å². The molecule has 0 radical (unpaired) electrons. The van der Waals surface area contributed by atoms with Crippen LogP contribution in [0.25, 0.3) is 16.8 Å². The van der Waals surface area contributed by atoms with Gasteiger partial charge in [0.15, 0.2) is 0 Å². The zero-order valence-electron chi connectivity index (χ0n) is 11.8. The monoisotopic (exact) mass is 271 g/mol. The topological polar surface area (TPSA) is 70.4 Å². The zero-order chi connectivity index (χ0) is 14.4. The summed E-state index contributed by atoms with van der Waals surface area (Å²) in [5.41, 5.74) is 4.68. The molecular formula is C15H17N3O2. The van der Waals surface area contributed by atoms with Gasteiger partial charge in [-0.05, 0) is 30.5 Å². The maximum atomic E-state index is 11.0. The first kappa shape index (κ1) is 12.7. The predicted octanol–water partition coefficient (Wildman–Crippen LogP) is 2.87. The Bertz CT molecular complexity index is 811. The van der Waals surface area contributed by atoms with Crippen LogP contribution in [0.3, 0.4) is 0 Å². The number of aryl methyl sites for hydroxylation is 1. The van der Waals surface area contributed by atoms with E-state index in [1.54, 1.807) is 0 Å². The van der Waals surface area contributed by atoms with E-state index in [0.29, 0.717) is 11.7 Å². The molecule has 20 heavy (non-hydrogen) atoms. The summed E-state index contributed by atoms with van der Waals surface area (Å²) in [5, 5.41) is 9.07. The number of fused-ring (bicyclic) bond motifs is 3. The van der Waals surface area contributed by atoms with Gasteiger partial charge in [0.1, 0.15) is 0 Å². The number of carboxylic acid groups (broad SMARTS) is 1. The van der Waals surface area contributed by atoms with Gasteiger partial charge in [-0.1, -0.05) is 19.9 Å². The highest BCUT2D eigenvalue weighted by Gasteiger charge is 2.16. The van der Waals surface area contributed by atoms with E-state index in [1.807, 2.05) is 17.4 Å². The van der Waals surface area contributed by atoms with E-state index >= 15 is 0 Å². The molecule has 0 fully saturated rings. The molecule has 0 saturated carbocycles. The van der Waals surface area contributed by atoms with Crippen molar-refractivity contribution in [3.05, 3.63) is 35.2 Å². The highest BCUT2D eigenvalue weighted by molar-refractivity contribution is 5.82. The van der Waals surface area contributed by atoms with Crippen LogP contribution < -0.4 is 0 Å². The van der Waals surface area contributed by atoms with Crippen LogP contribution in [0.1, 0.15) is 36.7 Å². The normalized spacial score (nSPS) is 11.8. The molecule has 104 valence electrons. The minimum atomic E-state index is -0.837. The molecule has 0 atom stereocenters. The number of nitrogens with zero attached hydrogens (tertiary/aromatic N) is 2. The number of aromatic amines is 1. The van der Waals surface area contributed by atoms with E-state index in [2.05, 4.69) is 35.9 Å². The fraction of sp³-hybridized carbons (Fsp3) is 0.333. The molecule has 0 bridgehead atoms. The van der Waals surface area contributed by atoms with Crippen LogP contribution in [0.4, 0.5) is 0 Å². The summed E-state index contributed by atoms with van der Waals surface area (Å²) in [5.74, 6) is 0.290. The van der Waals surface area contributed by atoms with Gasteiger partial charge in [0.05, 0.1) is 23.1 Å². The molecule has 2 N–H and O–H groups in total. The molecule has 0 amide bonds. The SMILES string of the molecule is Cc1[nH]c2nc3ccc(C(C)C)cc3n2c1CC(=O)O. The van der Waals surface area contributed by atoms with E-state index < -0.39 is 5.97 Å². The van der Waals surface area contributed by atoms with Crippen molar-refractivity contribution in [2.45, 2.75) is 33.1 Å². The minimum Gasteiger partial charge on any atom is -0.481 e. The summed E-state index contributed by atoms with van der Waals surface area (Å²) in [6.45, 7) is 6.16. The molecule has 5 nitrogen and oxygen atoms in total. The van der Waals surface area contributed by atoms with Crippen molar-refractivity contribution in [1.29, 1.82) is 0 Å². The van der Waals surface area contributed by atoms with E-state index in [0.717, 1.165) is 22.4 Å². The van der Waals surface area contributed by atoms with Gasteiger partial charge in [-0.25, -0.2) is 4.98 Å². The maximum absolute atomic E-state index is 11.0. The van der Waals surface area contributed by atoms with Crippen LogP contribution in [0.15, 0.2) is 18.2 Å². The lowest BCUT2D eigenvalue weighted by Crippen LogP contribution is -2.04. The van der Waals surface area contributed by atoms with Crippen LogP contribution in [0.5, 0.6) is 0 Å². The number of carboxylic acids is 1. The van der Waals surface area contributed by atoms with E-state index in [9.17, 15) is 4.79 Å². The van der Waals surface area contributed by atoms with Gasteiger partial charge in [-0.3, -0.25) is 9.20 Å². The average molecular weight is 271 g/mol.